The van der Waals surface area contributed by atoms with Crippen molar-refractivity contribution in [2.75, 3.05) is 11.9 Å². The fourth-order valence-electron chi connectivity index (χ4n) is 1.32. The van der Waals surface area contributed by atoms with E-state index in [4.69, 9.17) is 0 Å². The minimum atomic E-state index is -4.79. The van der Waals surface area contributed by atoms with Crippen LogP contribution in [0.2, 0.25) is 0 Å². The largest absolute Gasteiger partial charge is 0.419 e. The lowest BCUT2D eigenvalue weighted by Gasteiger charge is -2.12. The Hall–Kier alpha value is -1.63. The quantitative estimate of drug-likeness (QED) is 0.831. The Kier molecular flexibility index (Phi) is 4.88. The molecule has 0 heterocycles. The van der Waals surface area contributed by atoms with E-state index in [2.05, 4.69) is 10.6 Å². The molecule has 0 saturated heterocycles. The summed E-state index contributed by atoms with van der Waals surface area (Å²) in [5, 5.41) is 5.08. The summed E-state index contributed by atoms with van der Waals surface area (Å²) in [6, 6.07) is 2.40. The number of benzene rings is 1. The van der Waals surface area contributed by atoms with Gasteiger partial charge in [0.2, 0.25) is 5.91 Å². The van der Waals surface area contributed by atoms with Gasteiger partial charge < -0.3 is 10.6 Å². The third-order valence-corrected chi connectivity index (χ3v) is 2.23. The first-order valence-corrected chi connectivity index (χ1v) is 5.60. The van der Waals surface area contributed by atoms with Gasteiger partial charge in [-0.15, -0.1) is 0 Å². The first-order valence-electron chi connectivity index (χ1n) is 5.60. The van der Waals surface area contributed by atoms with Crippen LogP contribution < -0.4 is 10.6 Å². The normalized spacial score (nSPS) is 11.7. The van der Waals surface area contributed by atoms with Crippen molar-refractivity contribution in [1.29, 1.82) is 0 Å². The SMILES string of the molecule is CC(C)NCC(=O)Nc1ccc(F)c(C(F)(F)F)c1. The number of carbonyl (C=O) groups is 1. The molecular weight excluding hydrogens is 264 g/mol. The predicted molar refractivity (Wildman–Crippen MR) is 63.2 cm³/mol. The molecule has 0 atom stereocenters. The van der Waals surface area contributed by atoms with E-state index < -0.39 is 23.5 Å². The van der Waals surface area contributed by atoms with Gasteiger partial charge in [0.05, 0.1) is 12.1 Å². The van der Waals surface area contributed by atoms with Crippen LogP contribution in [0.4, 0.5) is 23.2 Å². The van der Waals surface area contributed by atoms with Gasteiger partial charge in [-0.25, -0.2) is 4.39 Å². The molecule has 7 heteroatoms. The van der Waals surface area contributed by atoms with Gasteiger partial charge in [0, 0.05) is 11.7 Å². The van der Waals surface area contributed by atoms with Crippen molar-refractivity contribution >= 4 is 11.6 Å². The fourth-order valence-corrected chi connectivity index (χ4v) is 1.32. The van der Waals surface area contributed by atoms with Crippen LogP contribution in [0.1, 0.15) is 19.4 Å². The third-order valence-electron chi connectivity index (χ3n) is 2.23. The monoisotopic (exact) mass is 278 g/mol. The first kappa shape index (κ1) is 15.4. The van der Waals surface area contributed by atoms with Gasteiger partial charge in [-0.05, 0) is 18.2 Å². The minimum absolute atomic E-state index is 0.0314. The number of hydrogen-bond donors (Lipinski definition) is 2. The van der Waals surface area contributed by atoms with E-state index in [9.17, 15) is 22.4 Å². The highest BCUT2D eigenvalue weighted by Crippen LogP contribution is 2.32. The maximum Gasteiger partial charge on any atom is 0.419 e. The van der Waals surface area contributed by atoms with Crippen molar-refractivity contribution < 1.29 is 22.4 Å². The van der Waals surface area contributed by atoms with Gasteiger partial charge in [0.15, 0.2) is 0 Å². The highest BCUT2D eigenvalue weighted by molar-refractivity contribution is 5.92. The van der Waals surface area contributed by atoms with E-state index in [1.807, 2.05) is 13.8 Å². The number of amides is 1. The summed E-state index contributed by atoms with van der Waals surface area (Å²) in [4.78, 5) is 11.4. The topological polar surface area (TPSA) is 41.1 Å². The van der Waals surface area contributed by atoms with Crippen LogP contribution in [0.25, 0.3) is 0 Å². The molecule has 19 heavy (non-hydrogen) atoms. The van der Waals surface area contributed by atoms with E-state index in [1.165, 1.54) is 0 Å². The number of carbonyl (C=O) groups excluding carboxylic acids is 1. The average Bonchev–Trinajstić information content (AvgIpc) is 2.27. The van der Waals surface area contributed by atoms with Crippen molar-refractivity contribution in [2.24, 2.45) is 0 Å². The first-order chi connectivity index (χ1) is 8.70. The molecule has 0 aliphatic heterocycles. The van der Waals surface area contributed by atoms with Crippen molar-refractivity contribution in [2.45, 2.75) is 26.1 Å². The maximum absolute atomic E-state index is 13.0. The molecule has 0 bridgehead atoms. The van der Waals surface area contributed by atoms with E-state index >= 15 is 0 Å². The second-order valence-corrected chi connectivity index (χ2v) is 4.28. The average molecular weight is 278 g/mol. The number of anilines is 1. The van der Waals surface area contributed by atoms with E-state index in [0.717, 1.165) is 6.07 Å². The molecule has 1 aromatic carbocycles. The molecule has 1 rings (SSSR count). The number of alkyl halides is 3. The summed E-state index contributed by atoms with van der Waals surface area (Å²) in [7, 11) is 0. The molecule has 0 aliphatic rings. The third kappa shape index (κ3) is 4.86. The summed E-state index contributed by atoms with van der Waals surface area (Å²) in [6.07, 6.45) is -4.79. The lowest BCUT2D eigenvalue weighted by atomic mass is 10.2. The van der Waals surface area contributed by atoms with E-state index in [0.29, 0.717) is 12.1 Å². The number of hydrogen-bond acceptors (Lipinski definition) is 2. The number of rotatable bonds is 4. The zero-order valence-electron chi connectivity index (χ0n) is 10.4. The second-order valence-electron chi connectivity index (χ2n) is 4.28. The van der Waals surface area contributed by atoms with Crippen LogP contribution in [0, 0.1) is 5.82 Å². The van der Waals surface area contributed by atoms with Gasteiger partial charge in [-0.2, -0.15) is 13.2 Å². The van der Waals surface area contributed by atoms with Crippen LogP contribution in [-0.2, 0) is 11.0 Å². The summed E-state index contributed by atoms with van der Waals surface area (Å²) in [5.74, 6) is -1.86. The molecule has 106 valence electrons. The summed E-state index contributed by atoms with van der Waals surface area (Å²) >= 11 is 0. The van der Waals surface area contributed by atoms with Gasteiger partial charge in [0.1, 0.15) is 5.82 Å². The highest BCUT2D eigenvalue weighted by Gasteiger charge is 2.34. The van der Waals surface area contributed by atoms with Crippen molar-refractivity contribution in [3.05, 3.63) is 29.6 Å². The Morgan fingerprint density at radius 3 is 2.47 bits per heavy atom. The van der Waals surface area contributed by atoms with Crippen LogP contribution in [0.15, 0.2) is 18.2 Å². The molecule has 3 nitrogen and oxygen atoms in total. The molecule has 0 aromatic heterocycles. The zero-order chi connectivity index (χ0) is 14.6. The number of nitrogens with one attached hydrogen (secondary N) is 2. The van der Waals surface area contributed by atoms with Gasteiger partial charge >= 0.3 is 6.18 Å². The molecule has 0 fully saturated rings. The Morgan fingerprint density at radius 1 is 1.32 bits per heavy atom. The maximum atomic E-state index is 13.0. The van der Waals surface area contributed by atoms with Gasteiger partial charge in [-0.1, -0.05) is 13.8 Å². The Balaban J connectivity index is 2.78. The minimum Gasteiger partial charge on any atom is -0.325 e. The Labute approximate surface area is 108 Å². The Bertz CT molecular complexity index is 458. The lowest BCUT2D eigenvalue weighted by Crippen LogP contribution is -2.32. The highest BCUT2D eigenvalue weighted by atomic mass is 19.4. The summed E-state index contributed by atoms with van der Waals surface area (Å²) in [6.45, 7) is 3.62. The molecule has 0 radical (unpaired) electrons. The molecular formula is C12H14F4N2O. The molecule has 0 aliphatic carbocycles. The predicted octanol–water partition coefficient (Wildman–Crippen LogP) is 2.78. The van der Waals surface area contributed by atoms with Crippen LogP contribution >= 0.6 is 0 Å². The molecule has 0 spiro atoms. The van der Waals surface area contributed by atoms with E-state index in [-0.39, 0.29) is 18.3 Å². The smallest absolute Gasteiger partial charge is 0.325 e. The molecule has 1 amide bonds. The van der Waals surface area contributed by atoms with Crippen LogP contribution in [0.3, 0.4) is 0 Å². The summed E-state index contributed by atoms with van der Waals surface area (Å²) in [5.41, 5.74) is -1.49. The van der Waals surface area contributed by atoms with Crippen LogP contribution in [-0.4, -0.2) is 18.5 Å². The molecule has 0 unspecified atom stereocenters. The van der Waals surface area contributed by atoms with Gasteiger partial charge in [0.25, 0.3) is 0 Å². The molecule has 1 aromatic rings. The molecule has 2 N–H and O–H groups in total. The fraction of sp³-hybridized carbons (Fsp3) is 0.417. The molecule has 0 saturated carbocycles. The number of halogens is 4. The van der Waals surface area contributed by atoms with Crippen molar-refractivity contribution in [3.63, 3.8) is 0 Å². The Morgan fingerprint density at radius 2 is 1.95 bits per heavy atom. The van der Waals surface area contributed by atoms with Crippen molar-refractivity contribution in [3.8, 4) is 0 Å². The van der Waals surface area contributed by atoms with Gasteiger partial charge in [-0.3, -0.25) is 4.79 Å². The van der Waals surface area contributed by atoms with Crippen molar-refractivity contribution in [1.82, 2.24) is 5.32 Å². The van der Waals surface area contributed by atoms with Crippen LogP contribution in [0.5, 0.6) is 0 Å². The summed E-state index contributed by atoms with van der Waals surface area (Å²) < 4.78 is 50.4. The zero-order valence-corrected chi connectivity index (χ0v) is 10.4. The van der Waals surface area contributed by atoms with E-state index in [1.54, 1.807) is 0 Å². The standard InChI is InChI=1S/C12H14F4N2O/c1-7(2)17-6-11(19)18-8-3-4-10(13)9(5-8)12(14,15)16/h3-5,7,17H,6H2,1-2H3,(H,18,19). The lowest BCUT2D eigenvalue weighted by molar-refractivity contribution is -0.140. The second kappa shape index (κ2) is 6.01.